The number of amides is 1. The molecule has 0 saturated heterocycles. The first-order chi connectivity index (χ1) is 11.6. The molecule has 0 aliphatic rings. The summed E-state index contributed by atoms with van der Waals surface area (Å²) in [5.74, 6) is -0.452. The number of aromatic nitrogens is 2. The Bertz CT molecular complexity index is 901. The van der Waals surface area contributed by atoms with Crippen molar-refractivity contribution in [3.63, 3.8) is 0 Å². The summed E-state index contributed by atoms with van der Waals surface area (Å²) in [6.45, 7) is 0. The SMILES string of the molecule is COC(=O)c1sccc1NC(=O)CSc1nc2ccccc2n1C. The van der Waals surface area contributed by atoms with Crippen LogP contribution in [-0.4, -0.2) is 34.3 Å². The standard InChI is InChI=1S/C16H15N3O3S2/c1-19-12-6-4-3-5-10(12)18-16(19)24-9-13(20)17-11-7-8-23-14(11)15(21)22-2/h3-8H,9H2,1-2H3,(H,17,20). The Kier molecular flexibility index (Phi) is 4.86. The van der Waals surface area contributed by atoms with Crippen molar-refractivity contribution >= 4 is 51.7 Å². The third-order valence-corrected chi connectivity index (χ3v) is 5.31. The Morgan fingerprint density at radius 2 is 2.12 bits per heavy atom. The van der Waals surface area contributed by atoms with E-state index in [2.05, 4.69) is 10.3 Å². The minimum absolute atomic E-state index is 0.199. The van der Waals surface area contributed by atoms with Crippen LogP contribution >= 0.6 is 23.1 Å². The molecule has 6 nitrogen and oxygen atoms in total. The summed E-state index contributed by atoms with van der Waals surface area (Å²) in [7, 11) is 3.24. The Hall–Kier alpha value is -2.32. The molecule has 0 unspecified atom stereocenters. The molecule has 1 amide bonds. The van der Waals surface area contributed by atoms with Crippen molar-refractivity contribution in [2.45, 2.75) is 5.16 Å². The summed E-state index contributed by atoms with van der Waals surface area (Å²) in [6.07, 6.45) is 0. The van der Waals surface area contributed by atoms with E-state index in [0.29, 0.717) is 10.6 Å². The second kappa shape index (κ2) is 7.06. The van der Waals surface area contributed by atoms with Crippen molar-refractivity contribution in [1.82, 2.24) is 9.55 Å². The molecule has 0 bridgehead atoms. The van der Waals surface area contributed by atoms with Gasteiger partial charge < -0.3 is 14.6 Å². The van der Waals surface area contributed by atoms with Gasteiger partial charge in [0.25, 0.3) is 0 Å². The minimum atomic E-state index is -0.455. The van der Waals surface area contributed by atoms with E-state index >= 15 is 0 Å². The zero-order valence-electron chi connectivity index (χ0n) is 13.1. The molecule has 124 valence electrons. The predicted octanol–water partition coefficient (Wildman–Crippen LogP) is 3.15. The van der Waals surface area contributed by atoms with Crippen LogP contribution in [0.3, 0.4) is 0 Å². The number of carbonyl (C=O) groups excluding carboxylic acids is 2. The largest absolute Gasteiger partial charge is 0.465 e. The van der Waals surface area contributed by atoms with Crippen molar-refractivity contribution in [3.8, 4) is 0 Å². The van der Waals surface area contributed by atoms with Gasteiger partial charge in [-0.25, -0.2) is 9.78 Å². The van der Waals surface area contributed by atoms with E-state index < -0.39 is 5.97 Å². The average Bonchev–Trinajstić information content (AvgIpc) is 3.17. The number of methoxy groups -OCH3 is 1. The van der Waals surface area contributed by atoms with E-state index in [9.17, 15) is 9.59 Å². The molecular weight excluding hydrogens is 346 g/mol. The second-order valence-corrected chi connectivity index (χ2v) is 6.79. The van der Waals surface area contributed by atoms with E-state index in [1.54, 1.807) is 11.4 Å². The van der Waals surface area contributed by atoms with E-state index in [1.807, 2.05) is 35.9 Å². The van der Waals surface area contributed by atoms with Crippen LogP contribution in [-0.2, 0) is 16.6 Å². The van der Waals surface area contributed by atoms with E-state index in [0.717, 1.165) is 16.2 Å². The van der Waals surface area contributed by atoms with Crippen LogP contribution in [0.15, 0.2) is 40.9 Å². The van der Waals surface area contributed by atoms with Gasteiger partial charge in [0.2, 0.25) is 5.91 Å². The first-order valence-corrected chi connectivity index (χ1v) is 8.96. The number of anilines is 1. The highest BCUT2D eigenvalue weighted by molar-refractivity contribution is 7.99. The maximum absolute atomic E-state index is 12.2. The van der Waals surface area contributed by atoms with Crippen molar-refractivity contribution in [1.29, 1.82) is 0 Å². The van der Waals surface area contributed by atoms with Gasteiger partial charge in [-0.3, -0.25) is 4.79 Å². The smallest absolute Gasteiger partial charge is 0.350 e. The first-order valence-electron chi connectivity index (χ1n) is 7.10. The van der Waals surface area contributed by atoms with Gasteiger partial charge >= 0.3 is 5.97 Å². The number of hydrogen-bond acceptors (Lipinski definition) is 6. The van der Waals surface area contributed by atoms with Gasteiger partial charge in [-0.15, -0.1) is 11.3 Å². The molecule has 2 heterocycles. The average molecular weight is 361 g/mol. The van der Waals surface area contributed by atoms with Gasteiger partial charge in [0.05, 0.1) is 29.6 Å². The highest BCUT2D eigenvalue weighted by Gasteiger charge is 2.16. The van der Waals surface area contributed by atoms with E-state index in [-0.39, 0.29) is 11.7 Å². The molecule has 0 saturated carbocycles. The molecule has 0 radical (unpaired) electrons. The Morgan fingerprint density at radius 1 is 1.33 bits per heavy atom. The monoisotopic (exact) mass is 361 g/mol. The number of nitrogens with one attached hydrogen (secondary N) is 1. The fraction of sp³-hybridized carbons (Fsp3) is 0.188. The quantitative estimate of drug-likeness (QED) is 0.558. The molecule has 3 rings (SSSR count). The van der Waals surface area contributed by atoms with Gasteiger partial charge in [0.1, 0.15) is 4.88 Å². The zero-order valence-corrected chi connectivity index (χ0v) is 14.7. The highest BCUT2D eigenvalue weighted by atomic mass is 32.2. The Balaban J connectivity index is 1.66. The molecule has 0 fully saturated rings. The fourth-order valence-electron chi connectivity index (χ4n) is 2.23. The summed E-state index contributed by atoms with van der Waals surface area (Å²) < 4.78 is 6.65. The maximum atomic E-state index is 12.2. The molecule has 2 aromatic heterocycles. The molecule has 1 aromatic carbocycles. The summed E-state index contributed by atoms with van der Waals surface area (Å²) >= 11 is 2.58. The second-order valence-electron chi connectivity index (χ2n) is 4.93. The number of nitrogens with zero attached hydrogens (tertiary/aromatic N) is 2. The number of hydrogen-bond donors (Lipinski definition) is 1. The molecule has 1 N–H and O–H groups in total. The number of carbonyl (C=O) groups is 2. The van der Waals surface area contributed by atoms with Crippen LogP contribution < -0.4 is 5.32 Å². The van der Waals surface area contributed by atoms with Gasteiger partial charge in [-0.1, -0.05) is 23.9 Å². The summed E-state index contributed by atoms with van der Waals surface area (Å²) in [5, 5.41) is 5.25. The van der Waals surface area contributed by atoms with Crippen molar-refractivity contribution in [3.05, 3.63) is 40.6 Å². The molecule has 0 aliphatic heterocycles. The molecule has 0 spiro atoms. The Morgan fingerprint density at radius 3 is 2.88 bits per heavy atom. The number of aryl methyl sites for hydroxylation is 1. The molecule has 0 atom stereocenters. The number of ether oxygens (including phenoxy) is 1. The number of thioether (sulfide) groups is 1. The zero-order chi connectivity index (χ0) is 17.1. The first kappa shape index (κ1) is 16.5. The number of rotatable bonds is 5. The van der Waals surface area contributed by atoms with Gasteiger partial charge in [-0.2, -0.15) is 0 Å². The van der Waals surface area contributed by atoms with Crippen LogP contribution in [0.4, 0.5) is 5.69 Å². The van der Waals surface area contributed by atoms with Gasteiger partial charge in [0, 0.05) is 7.05 Å². The molecule has 24 heavy (non-hydrogen) atoms. The lowest BCUT2D eigenvalue weighted by atomic mass is 10.3. The van der Waals surface area contributed by atoms with Crippen molar-refractivity contribution in [2.75, 3.05) is 18.2 Å². The van der Waals surface area contributed by atoms with Crippen molar-refractivity contribution in [2.24, 2.45) is 7.05 Å². The van der Waals surface area contributed by atoms with E-state index in [1.165, 1.54) is 30.2 Å². The third-order valence-electron chi connectivity index (χ3n) is 3.39. The van der Waals surface area contributed by atoms with Gasteiger partial charge in [0.15, 0.2) is 5.16 Å². The Labute approximate surface area is 146 Å². The van der Waals surface area contributed by atoms with Crippen LogP contribution in [0.5, 0.6) is 0 Å². The summed E-state index contributed by atoms with van der Waals surface area (Å²) in [5.41, 5.74) is 2.39. The molecular formula is C16H15N3O3S2. The minimum Gasteiger partial charge on any atom is -0.465 e. The van der Waals surface area contributed by atoms with Crippen LogP contribution in [0.25, 0.3) is 11.0 Å². The number of fused-ring (bicyclic) bond motifs is 1. The lowest BCUT2D eigenvalue weighted by Gasteiger charge is -2.05. The molecule has 8 heteroatoms. The normalized spacial score (nSPS) is 10.8. The van der Waals surface area contributed by atoms with Crippen LogP contribution in [0, 0.1) is 0 Å². The highest BCUT2D eigenvalue weighted by Crippen LogP contribution is 2.25. The predicted molar refractivity (Wildman–Crippen MR) is 95.7 cm³/mol. The molecule has 0 aliphatic carbocycles. The molecule has 3 aromatic rings. The number of thiophene rings is 1. The topological polar surface area (TPSA) is 73.2 Å². The van der Waals surface area contributed by atoms with Crippen molar-refractivity contribution < 1.29 is 14.3 Å². The lowest BCUT2D eigenvalue weighted by molar-refractivity contribution is -0.113. The fourth-order valence-corrected chi connectivity index (χ4v) is 3.78. The summed E-state index contributed by atoms with van der Waals surface area (Å²) in [6, 6.07) is 9.50. The van der Waals surface area contributed by atoms with E-state index in [4.69, 9.17) is 4.74 Å². The van der Waals surface area contributed by atoms with Gasteiger partial charge in [-0.05, 0) is 23.6 Å². The van der Waals surface area contributed by atoms with Crippen LogP contribution in [0.1, 0.15) is 9.67 Å². The lowest BCUT2D eigenvalue weighted by Crippen LogP contribution is -2.16. The maximum Gasteiger partial charge on any atom is 0.350 e. The van der Waals surface area contributed by atoms with Crippen LogP contribution in [0.2, 0.25) is 0 Å². The summed E-state index contributed by atoms with van der Waals surface area (Å²) in [4.78, 5) is 28.7. The third kappa shape index (κ3) is 3.29. The number of esters is 1. The number of para-hydroxylation sites is 2. The number of benzene rings is 1. The number of imidazole rings is 1.